The molecule has 0 unspecified atom stereocenters. The van der Waals surface area contributed by atoms with Gasteiger partial charge in [-0.1, -0.05) is 0 Å². The van der Waals surface area contributed by atoms with Crippen LogP contribution in [0.25, 0.3) is 0 Å². The van der Waals surface area contributed by atoms with Gasteiger partial charge >= 0.3 is 0 Å². The summed E-state index contributed by atoms with van der Waals surface area (Å²) in [6.45, 7) is 2.70. The van der Waals surface area contributed by atoms with E-state index < -0.39 is 5.60 Å². The third kappa shape index (κ3) is 2.81. The molecule has 1 fully saturated rings. The molecule has 3 nitrogen and oxygen atoms in total. The molecule has 1 heterocycles. The normalized spacial score (nSPS) is 28.8. The first-order valence-corrected chi connectivity index (χ1v) is 6.35. The summed E-state index contributed by atoms with van der Waals surface area (Å²) in [5.41, 5.74) is 0.321. The summed E-state index contributed by atoms with van der Waals surface area (Å²) in [5.74, 6) is 0. The second kappa shape index (κ2) is 4.82. The highest BCUT2D eigenvalue weighted by Gasteiger charge is 2.43. The smallest absolute Gasteiger partial charge is 0.0752 e. The molecule has 0 bridgehead atoms. The van der Waals surface area contributed by atoms with E-state index in [-0.39, 0.29) is 6.10 Å². The number of rotatable bonds is 4. The van der Waals surface area contributed by atoms with Crippen molar-refractivity contribution in [1.82, 2.24) is 4.98 Å². The molecule has 2 rings (SSSR count). The van der Waals surface area contributed by atoms with Gasteiger partial charge in [-0.3, -0.25) is 4.98 Å². The molecule has 0 amide bonds. The van der Waals surface area contributed by atoms with Crippen LogP contribution in [-0.2, 0) is 11.2 Å². The average molecular weight is 286 g/mol. The third-order valence-electron chi connectivity index (χ3n) is 2.92. The molecule has 0 saturated heterocycles. The topological polar surface area (TPSA) is 42.4 Å². The van der Waals surface area contributed by atoms with Crippen molar-refractivity contribution in [2.75, 3.05) is 6.61 Å². The monoisotopic (exact) mass is 285 g/mol. The molecule has 0 atom stereocenters. The third-order valence-corrected chi connectivity index (χ3v) is 3.39. The SMILES string of the molecule is CCOC1CC(O)(Cc2ccc(Br)cn2)C1. The lowest BCUT2D eigenvalue weighted by Gasteiger charge is -2.43. The van der Waals surface area contributed by atoms with Gasteiger partial charge in [0.05, 0.1) is 11.7 Å². The zero-order valence-electron chi connectivity index (χ0n) is 9.32. The molecule has 1 aliphatic rings. The Kier molecular flexibility index (Phi) is 3.62. The zero-order chi connectivity index (χ0) is 11.6. The molecule has 1 aromatic heterocycles. The summed E-state index contributed by atoms with van der Waals surface area (Å²) in [6, 6.07) is 3.89. The number of halogens is 1. The van der Waals surface area contributed by atoms with Crippen molar-refractivity contribution in [2.24, 2.45) is 0 Å². The van der Waals surface area contributed by atoms with E-state index in [1.54, 1.807) is 6.20 Å². The highest BCUT2D eigenvalue weighted by Crippen LogP contribution is 2.36. The first kappa shape index (κ1) is 12.0. The van der Waals surface area contributed by atoms with Crippen LogP contribution < -0.4 is 0 Å². The van der Waals surface area contributed by atoms with E-state index in [4.69, 9.17) is 4.74 Å². The molecule has 4 heteroatoms. The minimum absolute atomic E-state index is 0.227. The maximum absolute atomic E-state index is 10.2. The van der Waals surface area contributed by atoms with Crippen molar-refractivity contribution in [3.8, 4) is 0 Å². The average Bonchev–Trinajstić information content (AvgIpc) is 2.20. The Morgan fingerprint density at radius 2 is 2.31 bits per heavy atom. The summed E-state index contributed by atoms with van der Waals surface area (Å²) in [5, 5.41) is 10.2. The van der Waals surface area contributed by atoms with E-state index in [0.717, 1.165) is 29.6 Å². The summed E-state index contributed by atoms with van der Waals surface area (Å²) >= 11 is 3.34. The highest BCUT2D eigenvalue weighted by atomic mass is 79.9. The Labute approximate surface area is 104 Å². The van der Waals surface area contributed by atoms with Crippen LogP contribution in [0.2, 0.25) is 0 Å². The first-order chi connectivity index (χ1) is 7.61. The van der Waals surface area contributed by atoms with Crippen molar-refractivity contribution >= 4 is 15.9 Å². The molecule has 0 aromatic carbocycles. The van der Waals surface area contributed by atoms with Gasteiger partial charge in [-0.05, 0) is 35.0 Å². The molecule has 1 N–H and O–H groups in total. The predicted molar refractivity (Wildman–Crippen MR) is 65.2 cm³/mol. The van der Waals surface area contributed by atoms with Crippen LogP contribution >= 0.6 is 15.9 Å². The van der Waals surface area contributed by atoms with Crippen molar-refractivity contribution < 1.29 is 9.84 Å². The summed E-state index contributed by atoms with van der Waals surface area (Å²) in [4.78, 5) is 4.27. The predicted octanol–water partition coefficient (Wildman–Crippen LogP) is 2.32. The second-order valence-corrected chi connectivity index (χ2v) is 5.27. The van der Waals surface area contributed by atoms with Crippen LogP contribution in [0.1, 0.15) is 25.5 Å². The van der Waals surface area contributed by atoms with Crippen molar-refractivity contribution in [3.63, 3.8) is 0 Å². The Morgan fingerprint density at radius 3 is 2.88 bits per heavy atom. The van der Waals surface area contributed by atoms with E-state index in [1.165, 1.54) is 0 Å². The van der Waals surface area contributed by atoms with Gasteiger partial charge in [0, 0.05) is 42.2 Å². The fourth-order valence-electron chi connectivity index (χ4n) is 2.13. The van der Waals surface area contributed by atoms with Crippen LogP contribution in [-0.4, -0.2) is 28.4 Å². The minimum atomic E-state index is -0.610. The molecule has 88 valence electrons. The Hall–Kier alpha value is -0.450. The molecule has 1 aromatic rings. The molecular weight excluding hydrogens is 270 g/mol. The van der Waals surface area contributed by atoms with Crippen molar-refractivity contribution in [3.05, 3.63) is 28.5 Å². The van der Waals surface area contributed by atoms with Crippen LogP contribution in [0.5, 0.6) is 0 Å². The van der Waals surface area contributed by atoms with E-state index in [1.807, 2.05) is 19.1 Å². The van der Waals surface area contributed by atoms with Crippen LogP contribution in [0.3, 0.4) is 0 Å². The number of hydrogen-bond donors (Lipinski definition) is 1. The van der Waals surface area contributed by atoms with E-state index in [9.17, 15) is 5.11 Å². The lowest BCUT2D eigenvalue weighted by Crippen LogP contribution is -2.50. The summed E-state index contributed by atoms with van der Waals surface area (Å²) < 4.78 is 6.40. The van der Waals surface area contributed by atoms with Crippen LogP contribution in [0, 0.1) is 0 Å². The molecule has 0 spiro atoms. The number of aliphatic hydroxyl groups is 1. The van der Waals surface area contributed by atoms with Gasteiger partial charge in [0.25, 0.3) is 0 Å². The van der Waals surface area contributed by atoms with Crippen LogP contribution in [0.4, 0.5) is 0 Å². The lowest BCUT2D eigenvalue weighted by atomic mass is 9.74. The number of pyridine rings is 1. The van der Waals surface area contributed by atoms with E-state index in [0.29, 0.717) is 6.42 Å². The number of nitrogens with zero attached hydrogens (tertiary/aromatic N) is 1. The van der Waals surface area contributed by atoms with Crippen LogP contribution in [0.15, 0.2) is 22.8 Å². The Bertz CT molecular complexity index is 347. The zero-order valence-corrected chi connectivity index (χ0v) is 10.9. The number of ether oxygens (including phenoxy) is 1. The maximum atomic E-state index is 10.2. The standard InChI is InChI=1S/C12H16BrNO2/c1-2-16-11-6-12(15,7-11)5-10-4-3-9(13)8-14-10/h3-4,8,11,15H,2,5-7H2,1H3. The fourth-order valence-corrected chi connectivity index (χ4v) is 2.37. The first-order valence-electron chi connectivity index (χ1n) is 5.56. The van der Waals surface area contributed by atoms with Gasteiger partial charge in [0.2, 0.25) is 0 Å². The number of hydrogen-bond acceptors (Lipinski definition) is 3. The van der Waals surface area contributed by atoms with Gasteiger partial charge < -0.3 is 9.84 Å². The Balaban J connectivity index is 1.89. The van der Waals surface area contributed by atoms with Gasteiger partial charge in [0.15, 0.2) is 0 Å². The van der Waals surface area contributed by atoms with Crippen molar-refractivity contribution in [2.45, 2.75) is 37.9 Å². The summed E-state index contributed by atoms with van der Waals surface area (Å²) in [7, 11) is 0. The molecule has 1 aliphatic carbocycles. The molecule has 0 aliphatic heterocycles. The highest BCUT2D eigenvalue weighted by molar-refractivity contribution is 9.10. The van der Waals surface area contributed by atoms with Gasteiger partial charge in [0.1, 0.15) is 0 Å². The van der Waals surface area contributed by atoms with E-state index in [2.05, 4.69) is 20.9 Å². The maximum Gasteiger partial charge on any atom is 0.0752 e. The largest absolute Gasteiger partial charge is 0.389 e. The number of aromatic nitrogens is 1. The quantitative estimate of drug-likeness (QED) is 0.923. The Morgan fingerprint density at radius 1 is 1.56 bits per heavy atom. The van der Waals surface area contributed by atoms with Gasteiger partial charge in [-0.25, -0.2) is 0 Å². The van der Waals surface area contributed by atoms with Crippen molar-refractivity contribution in [1.29, 1.82) is 0 Å². The fraction of sp³-hybridized carbons (Fsp3) is 0.583. The molecule has 0 radical (unpaired) electrons. The molecular formula is C12H16BrNO2. The lowest BCUT2D eigenvalue weighted by molar-refractivity contribution is -0.136. The summed E-state index contributed by atoms with van der Waals surface area (Å²) in [6.07, 6.45) is 4.05. The van der Waals surface area contributed by atoms with E-state index >= 15 is 0 Å². The second-order valence-electron chi connectivity index (χ2n) is 4.35. The molecule has 16 heavy (non-hydrogen) atoms. The van der Waals surface area contributed by atoms with Gasteiger partial charge in [-0.2, -0.15) is 0 Å². The minimum Gasteiger partial charge on any atom is -0.389 e. The van der Waals surface area contributed by atoms with Gasteiger partial charge in [-0.15, -0.1) is 0 Å². The molecule has 1 saturated carbocycles.